The molecule has 0 saturated carbocycles. The van der Waals surface area contributed by atoms with Crippen molar-refractivity contribution in [3.05, 3.63) is 71.7 Å². The Bertz CT molecular complexity index is 1530. The molecule has 39 heavy (non-hydrogen) atoms. The Kier molecular flexibility index (Phi) is 8.72. The van der Waals surface area contributed by atoms with Crippen LogP contribution in [-0.2, 0) is 11.2 Å². The minimum absolute atomic E-state index is 0.0381. The zero-order valence-corrected chi connectivity index (χ0v) is 22.6. The molecule has 2 aromatic carbocycles. The highest BCUT2D eigenvalue weighted by molar-refractivity contribution is 8.00. The van der Waals surface area contributed by atoms with Crippen molar-refractivity contribution in [1.29, 1.82) is 0 Å². The van der Waals surface area contributed by atoms with Crippen LogP contribution in [0.1, 0.15) is 21.6 Å². The Hall–Kier alpha value is -4.51. The van der Waals surface area contributed by atoms with Gasteiger partial charge in [-0.05, 0) is 47.3 Å². The number of thioether (sulfide) groups is 1. The SMILES string of the molecule is COc1cc(Cc2nccc3cc(OC)c(OC)cc23)c(NC(=O)CSc2ncccc2C(=O)O)cc1OC. The van der Waals surface area contributed by atoms with Gasteiger partial charge >= 0.3 is 5.97 Å². The molecule has 0 radical (unpaired) electrons. The summed E-state index contributed by atoms with van der Waals surface area (Å²) in [5.74, 6) is 0.635. The second-order valence-corrected chi connectivity index (χ2v) is 9.19. The minimum atomic E-state index is -1.11. The first-order chi connectivity index (χ1) is 18.9. The molecule has 0 saturated heterocycles. The second-order valence-electron chi connectivity index (χ2n) is 8.23. The summed E-state index contributed by atoms with van der Waals surface area (Å²) in [6.45, 7) is 0. The molecule has 0 aliphatic heterocycles. The van der Waals surface area contributed by atoms with E-state index in [-0.39, 0.29) is 22.2 Å². The van der Waals surface area contributed by atoms with Gasteiger partial charge in [-0.25, -0.2) is 9.78 Å². The number of methoxy groups -OCH3 is 4. The van der Waals surface area contributed by atoms with Crippen LogP contribution in [-0.4, -0.2) is 61.1 Å². The molecule has 202 valence electrons. The molecule has 1 amide bonds. The summed E-state index contributed by atoms with van der Waals surface area (Å²) in [6, 6.07) is 12.1. The molecular weight excluding hydrogens is 522 g/mol. The van der Waals surface area contributed by atoms with Gasteiger partial charge < -0.3 is 29.4 Å². The standard InChI is InChI=1S/C28H27N3O7S/c1-35-22-11-16-7-9-29-21(19(16)13-24(22)37-3)10-17-12-23(36-2)25(38-4)14-20(17)31-26(32)15-39-27-18(28(33)34)6-5-8-30-27/h5-9,11-14H,10,15H2,1-4H3,(H,31,32)(H,33,34). The van der Waals surface area contributed by atoms with Crippen molar-refractivity contribution in [2.75, 3.05) is 39.5 Å². The van der Waals surface area contributed by atoms with Gasteiger partial charge in [-0.15, -0.1) is 0 Å². The fourth-order valence-corrected chi connectivity index (χ4v) is 4.84. The Labute approximate surface area is 229 Å². The number of benzene rings is 2. The lowest BCUT2D eigenvalue weighted by Crippen LogP contribution is -2.16. The highest BCUT2D eigenvalue weighted by Crippen LogP contribution is 2.37. The summed E-state index contributed by atoms with van der Waals surface area (Å²) in [4.78, 5) is 33.1. The predicted octanol–water partition coefficient (Wildman–Crippen LogP) is 4.68. The third kappa shape index (κ3) is 6.15. The molecule has 10 nitrogen and oxygen atoms in total. The fourth-order valence-electron chi connectivity index (χ4n) is 4.05. The van der Waals surface area contributed by atoms with Crippen LogP contribution >= 0.6 is 11.8 Å². The molecule has 4 rings (SSSR count). The van der Waals surface area contributed by atoms with Crippen LogP contribution in [0.5, 0.6) is 23.0 Å². The van der Waals surface area contributed by atoms with Crippen molar-refractivity contribution in [3.8, 4) is 23.0 Å². The molecule has 0 spiro atoms. The number of anilines is 1. The van der Waals surface area contributed by atoms with Gasteiger partial charge in [0.05, 0.1) is 45.4 Å². The molecule has 2 N–H and O–H groups in total. The lowest BCUT2D eigenvalue weighted by Gasteiger charge is -2.17. The van der Waals surface area contributed by atoms with Crippen molar-refractivity contribution in [2.45, 2.75) is 11.4 Å². The van der Waals surface area contributed by atoms with Gasteiger partial charge in [0.2, 0.25) is 5.91 Å². The van der Waals surface area contributed by atoms with Gasteiger partial charge in [0.1, 0.15) is 5.03 Å². The van der Waals surface area contributed by atoms with Gasteiger partial charge in [0.15, 0.2) is 23.0 Å². The molecule has 0 aliphatic rings. The molecular formula is C28H27N3O7S. The normalized spacial score (nSPS) is 10.7. The number of hydrogen-bond donors (Lipinski definition) is 2. The number of amides is 1. The van der Waals surface area contributed by atoms with Crippen molar-refractivity contribution >= 4 is 40.1 Å². The Morgan fingerprint density at radius 3 is 2.23 bits per heavy atom. The van der Waals surface area contributed by atoms with Gasteiger partial charge in [0, 0.05) is 36.0 Å². The summed E-state index contributed by atoms with van der Waals surface area (Å²) < 4.78 is 21.9. The highest BCUT2D eigenvalue weighted by atomic mass is 32.2. The minimum Gasteiger partial charge on any atom is -0.493 e. The number of carbonyl (C=O) groups excluding carboxylic acids is 1. The van der Waals surface area contributed by atoms with E-state index in [9.17, 15) is 14.7 Å². The number of ether oxygens (including phenoxy) is 4. The first kappa shape index (κ1) is 27.5. The lowest BCUT2D eigenvalue weighted by atomic mass is 10.0. The lowest BCUT2D eigenvalue weighted by molar-refractivity contribution is -0.113. The van der Waals surface area contributed by atoms with Crippen LogP contribution < -0.4 is 24.3 Å². The first-order valence-electron chi connectivity index (χ1n) is 11.7. The molecule has 0 fully saturated rings. The fraction of sp³-hybridized carbons (Fsp3) is 0.214. The van der Waals surface area contributed by atoms with Crippen LogP contribution in [0.3, 0.4) is 0 Å². The highest BCUT2D eigenvalue weighted by Gasteiger charge is 2.18. The predicted molar refractivity (Wildman–Crippen MR) is 148 cm³/mol. The maximum Gasteiger partial charge on any atom is 0.338 e. The summed E-state index contributed by atoms with van der Waals surface area (Å²) >= 11 is 1.04. The van der Waals surface area contributed by atoms with Crippen molar-refractivity contribution < 1.29 is 33.6 Å². The van der Waals surface area contributed by atoms with E-state index in [1.165, 1.54) is 32.5 Å². The van der Waals surface area contributed by atoms with Crippen LogP contribution in [0.2, 0.25) is 0 Å². The Morgan fingerprint density at radius 1 is 0.872 bits per heavy atom. The number of nitrogens with one attached hydrogen (secondary N) is 1. The zero-order chi connectivity index (χ0) is 27.9. The average Bonchev–Trinajstić information content (AvgIpc) is 2.96. The van der Waals surface area contributed by atoms with E-state index in [0.29, 0.717) is 35.1 Å². The third-order valence-corrected chi connectivity index (χ3v) is 6.94. The van der Waals surface area contributed by atoms with Gasteiger partial charge in [0.25, 0.3) is 0 Å². The number of rotatable bonds is 11. The monoisotopic (exact) mass is 549 g/mol. The number of fused-ring (bicyclic) bond motifs is 1. The topological polar surface area (TPSA) is 129 Å². The summed E-state index contributed by atoms with van der Waals surface area (Å²) in [7, 11) is 6.21. The maximum absolute atomic E-state index is 13.0. The number of carboxylic acid groups (broad SMARTS) is 1. The van der Waals surface area contributed by atoms with Crippen LogP contribution in [0.15, 0.2) is 59.9 Å². The molecule has 2 aromatic heterocycles. The molecule has 0 bridgehead atoms. The van der Waals surface area contributed by atoms with Crippen molar-refractivity contribution in [2.24, 2.45) is 0 Å². The van der Waals surface area contributed by atoms with E-state index < -0.39 is 5.97 Å². The van der Waals surface area contributed by atoms with Crippen molar-refractivity contribution in [1.82, 2.24) is 9.97 Å². The van der Waals surface area contributed by atoms with E-state index in [2.05, 4.69) is 15.3 Å². The van der Waals surface area contributed by atoms with E-state index in [0.717, 1.165) is 33.8 Å². The van der Waals surface area contributed by atoms with E-state index in [1.54, 1.807) is 32.5 Å². The number of carboxylic acids is 1. The number of aromatic carboxylic acids is 1. The number of nitrogens with zero attached hydrogens (tertiary/aromatic N) is 2. The molecule has 11 heteroatoms. The average molecular weight is 550 g/mol. The van der Waals surface area contributed by atoms with Gasteiger partial charge in [-0.3, -0.25) is 9.78 Å². The first-order valence-corrected chi connectivity index (χ1v) is 12.7. The van der Waals surface area contributed by atoms with Crippen LogP contribution in [0, 0.1) is 0 Å². The van der Waals surface area contributed by atoms with Crippen molar-refractivity contribution in [3.63, 3.8) is 0 Å². The van der Waals surface area contributed by atoms with E-state index in [4.69, 9.17) is 18.9 Å². The van der Waals surface area contributed by atoms with Gasteiger partial charge in [-0.1, -0.05) is 11.8 Å². The summed E-state index contributed by atoms with van der Waals surface area (Å²) in [5.41, 5.74) is 2.04. The van der Waals surface area contributed by atoms with Crippen LogP contribution in [0.4, 0.5) is 5.69 Å². The zero-order valence-electron chi connectivity index (χ0n) is 21.8. The maximum atomic E-state index is 13.0. The van der Waals surface area contributed by atoms with E-state index in [1.807, 2.05) is 18.2 Å². The molecule has 0 unspecified atom stereocenters. The molecule has 0 aliphatic carbocycles. The quantitative estimate of drug-likeness (QED) is 0.254. The van der Waals surface area contributed by atoms with Crippen LogP contribution in [0.25, 0.3) is 10.8 Å². The summed E-state index contributed by atoms with van der Waals surface area (Å²) in [5, 5.41) is 14.4. The smallest absolute Gasteiger partial charge is 0.338 e. The number of hydrogen-bond acceptors (Lipinski definition) is 9. The molecule has 2 heterocycles. The number of carbonyl (C=O) groups is 2. The van der Waals surface area contributed by atoms with E-state index >= 15 is 0 Å². The Balaban J connectivity index is 1.66. The number of pyridine rings is 2. The largest absolute Gasteiger partial charge is 0.493 e. The molecule has 0 atom stereocenters. The molecule has 4 aromatic rings. The number of aromatic nitrogens is 2. The Morgan fingerprint density at radius 2 is 1.54 bits per heavy atom. The second kappa shape index (κ2) is 12.4. The third-order valence-electron chi connectivity index (χ3n) is 5.93. The summed E-state index contributed by atoms with van der Waals surface area (Å²) in [6.07, 6.45) is 3.56. The van der Waals surface area contributed by atoms with Gasteiger partial charge in [-0.2, -0.15) is 0 Å².